The molecule has 2 atom stereocenters. The third-order valence-electron chi connectivity index (χ3n) is 3.65. The summed E-state index contributed by atoms with van der Waals surface area (Å²) in [6.07, 6.45) is 9.19. The molecule has 1 nitrogen and oxygen atoms in total. The number of hydrogen-bond donors (Lipinski definition) is 1. The predicted octanol–water partition coefficient (Wildman–Crippen LogP) is 4.27. The Morgan fingerprint density at radius 1 is 1.22 bits per heavy atom. The third kappa shape index (κ3) is 5.03. The summed E-state index contributed by atoms with van der Waals surface area (Å²) >= 11 is 4.69. The van der Waals surface area contributed by atoms with E-state index in [1.54, 1.807) is 0 Å². The van der Waals surface area contributed by atoms with E-state index in [1.165, 1.54) is 44.1 Å². The molecule has 1 aromatic carbocycles. The first kappa shape index (κ1) is 14.0. The molecule has 1 aliphatic rings. The summed E-state index contributed by atoms with van der Waals surface area (Å²) in [6.45, 7) is 0.980. The number of ether oxygens (including phenoxy) is 1. The average Bonchev–Trinajstić information content (AvgIpc) is 2.89. The molecule has 18 heavy (non-hydrogen) atoms. The maximum absolute atomic E-state index is 5.64. The summed E-state index contributed by atoms with van der Waals surface area (Å²) in [7, 11) is 0. The van der Waals surface area contributed by atoms with Crippen LogP contribution >= 0.6 is 12.6 Å². The zero-order valence-corrected chi connectivity index (χ0v) is 11.9. The Balaban J connectivity index is 1.55. The van der Waals surface area contributed by atoms with Crippen LogP contribution in [0.3, 0.4) is 0 Å². The van der Waals surface area contributed by atoms with Gasteiger partial charge < -0.3 is 4.74 Å². The maximum Gasteiger partial charge on any atom is 0.0576 e. The minimum absolute atomic E-state index is 0.497. The van der Waals surface area contributed by atoms with E-state index >= 15 is 0 Å². The molecule has 1 saturated heterocycles. The Labute approximate surface area is 116 Å². The van der Waals surface area contributed by atoms with Gasteiger partial charge in [0, 0.05) is 11.9 Å². The average molecular weight is 264 g/mol. The second kappa shape index (κ2) is 7.85. The standard InChI is InChI=1S/C16H24OS/c18-16(13-14-7-2-1-3-8-14)11-5-4-9-15-10-6-12-17-15/h1-3,7-8,15-16,18H,4-6,9-13H2. The summed E-state index contributed by atoms with van der Waals surface area (Å²) in [4.78, 5) is 0. The molecule has 1 fully saturated rings. The third-order valence-corrected chi connectivity index (χ3v) is 4.09. The van der Waals surface area contributed by atoms with Crippen molar-refractivity contribution in [2.24, 2.45) is 0 Å². The molecular weight excluding hydrogens is 240 g/mol. The molecule has 2 heteroatoms. The highest BCUT2D eigenvalue weighted by Crippen LogP contribution is 2.20. The van der Waals surface area contributed by atoms with Gasteiger partial charge in [0.15, 0.2) is 0 Å². The molecule has 0 N–H and O–H groups in total. The Kier molecular flexibility index (Phi) is 6.09. The lowest BCUT2D eigenvalue weighted by Gasteiger charge is -2.12. The first-order chi connectivity index (χ1) is 8.84. The number of unbranched alkanes of at least 4 members (excludes halogenated alkanes) is 1. The second-order valence-electron chi connectivity index (χ2n) is 5.26. The summed E-state index contributed by atoms with van der Waals surface area (Å²) in [5, 5.41) is 0.497. The topological polar surface area (TPSA) is 9.23 Å². The monoisotopic (exact) mass is 264 g/mol. The van der Waals surface area contributed by atoms with E-state index < -0.39 is 0 Å². The second-order valence-corrected chi connectivity index (χ2v) is 5.99. The molecule has 2 rings (SSSR count). The zero-order chi connectivity index (χ0) is 12.6. The van der Waals surface area contributed by atoms with Crippen molar-refractivity contribution in [3.63, 3.8) is 0 Å². The van der Waals surface area contributed by atoms with Crippen molar-refractivity contribution in [1.82, 2.24) is 0 Å². The van der Waals surface area contributed by atoms with Gasteiger partial charge in [-0.2, -0.15) is 12.6 Å². The van der Waals surface area contributed by atoms with Gasteiger partial charge in [-0.25, -0.2) is 0 Å². The van der Waals surface area contributed by atoms with E-state index in [0.29, 0.717) is 11.4 Å². The Morgan fingerprint density at radius 2 is 2.06 bits per heavy atom. The number of thiol groups is 1. The highest BCUT2D eigenvalue weighted by molar-refractivity contribution is 7.80. The van der Waals surface area contributed by atoms with Crippen LogP contribution in [0.4, 0.5) is 0 Å². The lowest BCUT2D eigenvalue weighted by Crippen LogP contribution is -2.06. The molecule has 1 aromatic rings. The molecule has 0 spiro atoms. The highest BCUT2D eigenvalue weighted by atomic mass is 32.1. The van der Waals surface area contributed by atoms with Crippen LogP contribution in [0.15, 0.2) is 30.3 Å². The van der Waals surface area contributed by atoms with Gasteiger partial charge >= 0.3 is 0 Å². The molecular formula is C16H24OS. The van der Waals surface area contributed by atoms with Crippen molar-refractivity contribution in [3.05, 3.63) is 35.9 Å². The fourth-order valence-electron chi connectivity index (χ4n) is 2.61. The lowest BCUT2D eigenvalue weighted by molar-refractivity contribution is 0.102. The molecule has 0 aromatic heterocycles. The van der Waals surface area contributed by atoms with E-state index in [2.05, 4.69) is 30.3 Å². The molecule has 0 saturated carbocycles. The van der Waals surface area contributed by atoms with Gasteiger partial charge in [0.1, 0.15) is 0 Å². The van der Waals surface area contributed by atoms with Crippen molar-refractivity contribution in [2.75, 3.05) is 6.61 Å². The van der Waals surface area contributed by atoms with Gasteiger partial charge in [-0.05, 0) is 37.7 Å². The van der Waals surface area contributed by atoms with E-state index in [-0.39, 0.29) is 0 Å². The summed E-state index contributed by atoms with van der Waals surface area (Å²) in [6, 6.07) is 10.7. The van der Waals surface area contributed by atoms with Crippen LogP contribution in [0.25, 0.3) is 0 Å². The number of hydrogen-bond acceptors (Lipinski definition) is 2. The first-order valence-corrected chi connectivity index (χ1v) is 7.70. The van der Waals surface area contributed by atoms with Crippen LogP contribution < -0.4 is 0 Å². The SMILES string of the molecule is SC(CCCCC1CCCO1)Cc1ccccc1. The van der Waals surface area contributed by atoms with E-state index in [4.69, 9.17) is 17.4 Å². The molecule has 0 aliphatic carbocycles. The first-order valence-electron chi connectivity index (χ1n) is 7.18. The minimum Gasteiger partial charge on any atom is -0.378 e. The van der Waals surface area contributed by atoms with Crippen LogP contribution in [-0.4, -0.2) is 18.0 Å². The fraction of sp³-hybridized carbons (Fsp3) is 0.625. The quantitative estimate of drug-likeness (QED) is 0.571. The molecule has 1 heterocycles. The maximum atomic E-state index is 5.64. The summed E-state index contributed by atoms with van der Waals surface area (Å²) in [5.74, 6) is 0. The van der Waals surface area contributed by atoms with Crippen molar-refractivity contribution in [1.29, 1.82) is 0 Å². The van der Waals surface area contributed by atoms with Gasteiger partial charge in [-0.1, -0.05) is 43.2 Å². The molecule has 0 amide bonds. The Bertz CT molecular complexity index is 319. The Morgan fingerprint density at radius 3 is 2.78 bits per heavy atom. The predicted molar refractivity (Wildman–Crippen MR) is 80.4 cm³/mol. The van der Waals surface area contributed by atoms with Crippen molar-refractivity contribution >= 4 is 12.6 Å². The van der Waals surface area contributed by atoms with E-state index in [0.717, 1.165) is 13.0 Å². The fourth-order valence-corrected chi connectivity index (χ4v) is 3.01. The molecule has 2 unspecified atom stereocenters. The van der Waals surface area contributed by atoms with Gasteiger partial charge in [-0.3, -0.25) is 0 Å². The molecule has 1 aliphatic heterocycles. The normalized spacial score (nSPS) is 21.1. The summed E-state index contributed by atoms with van der Waals surface area (Å²) < 4.78 is 5.64. The molecule has 100 valence electrons. The van der Waals surface area contributed by atoms with Gasteiger partial charge in [0.25, 0.3) is 0 Å². The largest absolute Gasteiger partial charge is 0.378 e. The van der Waals surface area contributed by atoms with Crippen LogP contribution in [-0.2, 0) is 11.2 Å². The van der Waals surface area contributed by atoms with Gasteiger partial charge in [-0.15, -0.1) is 0 Å². The summed E-state index contributed by atoms with van der Waals surface area (Å²) in [5.41, 5.74) is 1.40. The van der Waals surface area contributed by atoms with Crippen LogP contribution in [0, 0.1) is 0 Å². The number of benzene rings is 1. The molecule has 0 bridgehead atoms. The van der Waals surface area contributed by atoms with Gasteiger partial charge in [0.05, 0.1) is 6.10 Å². The van der Waals surface area contributed by atoms with Gasteiger partial charge in [0.2, 0.25) is 0 Å². The number of rotatable bonds is 7. The Hall–Kier alpha value is -0.470. The lowest BCUT2D eigenvalue weighted by atomic mass is 10.0. The smallest absolute Gasteiger partial charge is 0.0576 e. The van der Waals surface area contributed by atoms with Crippen LogP contribution in [0.5, 0.6) is 0 Å². The van der Waals surface area contributed by atoms with E-state index in [9.17, 15) is 0 Å². The van der Waals surface area contributed by atoms with E-state index in [1.807, 2.05) is 0 Å². The van der Waals surface area contributed by atoms with Crippen LogP contribution in [0.1, 0.15) is 44.1 Å². The molecule has 0 radical (unpaired) electrons. The van der Waals surface area contributed by atoms with Crippen molar-refractivity contribution in [2.45, 2.75) is 56.3 Å². The van der Waals surface area contributed by atoms with Crippen molar-refractivity contribution in [3.8, 4) is 0 Å². The van der Waals surface area contributed by atoms with Crippen molar-refractivity contribution < 1.29 is 4.74 Å². The minimum atomic E-state index is 0.497. The van der Waals surface area contributed by atoms with Crippen LogP contribution in [0.2, 0.25) is 0 Å². The zero-order valence-electron chi connectivity index (χ0n) is 11.1. The highest BCUT2D eigenvalue weighted by Gasteiger charge is 2.14.